The van der Waals surface area contributed by atoms with Gasteiger partial charge in [-0.1, -0.05) is 10.4 Å². The van der Waals surface area contributed by atoms with Crippen molar-refractivity contribution in [3.63, 3.8) is 0 Å². The van der Waals surface area contributed by atoms with Gasteiger partial charge < -0.3 is 9.84 Å². The molecule has 0 saturated carbocycles. The van der Waals surface area contributed by atoms with Crippen LogP contribution in [0.25, 0.3) is 23.0 Å². The van der Waals surface area contributed by atoms with Crippen LogP contribution in [0, 0.1) is 12.7 Å². The lowest BCUT2D eigenvalue weighted by molar-refractivity contribution is 0.136. The quantitative estimate of drug-likeness (QED) is 0.767. The second-order valence-corrected chi connectivity index (χ2v) is 6.10. The lowest BCUT2D eigenvalue weighted by atomic mass is 10.1. The minimum Gasteiger partial charge on any atom is -0.332 e. The van der Waals surface area contributed by atoms with Crippen LogP contribution in [0.4, 0.5) is 13.2 Å². The Bertz CT molecular complexity index is 932. The summed E-state index contributed by atoms with van der Waals surface area (Å²) < 4.78 is 47.0. The van der Waals surface area contributed by atoms with Crippen molar-refractivity contribution < 1.29 is 17.7 Å². The van der Waals surface area contributed by atoms with Gasteiger partial charge in [0, 0.05) is 12.1 Å². The molecule has 4 rings (SSSR count). The van der Waals surface area contributed by atoms with Gasteiger partial charge in [0.15, 0.2) is 5.69 Å². The van der Waals surface area contributed by atoms with E-state index in [1.54, 1.807) is 13.0 Å². The van der Waals surface area contributed by atoms with Crippen LogP contribution in [-0.4, -0.2) is 38.2 Å². The molecule has 1 aliphatic rings. The van der Waals surface area contributed by atoms with E-state index >= 15 is 0 Å². The molecule has 2 aromatic heterocycles. The minimum absolute atomic E-state index is 0.135. The number of halogens is 3. The first-order valence-electron chi connectivity index (χ1n) is 8.09. The predicted molar refractivity (Wildman–Crippen MR) is 84.9 cm³/mol. The fourth-order valence-electron chi connectivity index (χ4n) is 3.00. The number of aryl methyl sites for hydroxylation is 1. The summed E-state index contributed by atoms with van der Waals surface area (Å²) in [7, 11) is 0. The fraction of sp³-hybridized carbons (Fsp3) is 0.375. The third-order valence-electron chi connectivity index (χ3n) is 4.36. The van der Waals surface area contributed by atoms with E-state index < -0.39 is 6.43 Å². The van der Waals surface area contributed by atoms with Gasteiger partial charge in [0.05, 0.1) is 6.04 Å². The smallest absolute Gasteiger partial charge is 0.282 e. The maximum atomic E-state index is 13.6. The molecule has 0 aliphatic carbocycles. The topological polar surface area (TPSA) is 81.7 Å². The summed E-state index contributed by atoms with van der Waals surface area (Å²) in [5, 5.41) is 14.6. The second kappa shape index (κ2) is 6.52. The van der Waals surface area contributed by atoms with Gasteiger partial charge in [0.2, 0.25) is 5.82 Å². The molecule has 10 heteroatoms. The largest absolute Gasteiger partial charge is 0.332 e. The highest BCUT2D eigenvalue weighted by atomic mass is 19.3. The highest BCUT2D eigenvalue weighted by Gasteiger charge is 2.31. The second-order valence-electron chi connectivity index (χ2n) is 6.10. The van der Waals surface area contributed by atoms with Crippen molar-refractivity contribution in [2.75, 3.05) is 13.1 Å². The molecule has 0 spiro atoms. The van der Waals surface area contributed by atoms with E-state index in [1.165, 1.54) is 16.8 Å². The van der Waals surface area contributed by atoms with E-state index in [0.29, 0.717) is 24.1 Å². The zero-order chi connectivity index (χ0) is 18.3. The maximum absolute atomic E-state index is 13.6. The predicted octanol–water partition coefficient (Wildman–Crippen LogP) is 2.91. The first kappa shape index (κ1) is 16.7. The summed E-state index contributed by atoms with van der Waals surface area (Å²) >= 11 is 0. The number of nitrogens with one attached hydrogen (secondary N) is 1. The van der Waals surface area contributed by atoms with E-state index in [9.17, 15) is 13.2 Å². The first-order valence-corrected chi connectivity index (χ1v) is 8.09. The Labute approximate surface area is 146 Å². The Morgan fingerprint density at radius 3 is 2.88 bits per heavy atom. The van der Waals surface area contributed by atoms with Gasteiger partial charge >= 0.3 is 0 Å². The fourth-order valence-corrected chi connectivity index (χ4v) is 3.00. The third kappa shape index (κ3) is 2.85. The molecule has 1 unspecified atom stereocenters. The summed E-state index contributed by atoms with van der Waals surface area (Å²) in [5.74, 6) is -0.333. The Hall–Kier alpha value is -2.75. The third-order valence-corrected chi connectivity index (χ3v) is 4.36. The normalized spacial score (nSPS) is 17.3. The van der Waals surface area contributed by atoms with Gasteiger partial charge in [-0.05, 0) is 43.7 Å². The van der Waals surface area contributed by atoms with Crippen LogP contribution in [-0.2, 0) is 0 Å². The number of aromatic nitrogens is 5. The molecule has 0 radical (unpaired) electrons. The first-order chi connectivity index (χ1) is 12.5. The van der Waals surface area contributed by atoms with Crippen molar-refractivity contribution >= 4 is 0 Å². The number of benzene rings is 1. The van der Waals surface area contributed by atoms with Gasteiger partial charge in [0.25, 0.3) is 12.3 Å². The number of nitrogens with zero attached hydrogens (tertiary/aromatic N) is 5. The lowest BCUT2D eigenvalue weighted by Gasteiger charge is -2.11. The summed E-state index contributed by atoms with van der Waals surface area (Å²) in [6.07, 6.45) is -2.10. The van der Waals surface area contributed by atoms with Crippen molar-refractivity contribution in [3.05, 3.63) is 35.3 Å². The molecule has 3 aromatic rings. The highest BCUT2D eigenvalue weighted by Crippen LogP contribution is 2.32. The van der Waals surface area contributed by atoms with E-state index in [4.69, 9.17) is 4.52 Å². The minimum atomic E-state index is -2.79. The Balaban J connectivity index is 1.72. The van der Waals surface area contributed by atoms with E-state index in [0.717, 1.165) is 6.54 Å². The highest BCUT2D eigenvalue weighted by molar-refractivity contribution is 5.59. The van der Waals surface area contributed by atoms with Gasteiger partial charge in [-0.3, -0.25) is 0 Å². The molecule has 1 N–H and O–H groups in total. The molecular formula is C16H15F3N6O. The molecule has 1 aromatic carbocycles. The van der Waals surface area contributed by atoms with Crippen molar-refractivity contribution in [2.45, 2.75) is 25.8 Å². The molecule has 1 fully saturated rings. The molecule has 1 atom stereocenters. The average Bonchev–Trinajstić information content (AvgIpc) is 3.36. The number of hydrogen-bond donors (Lipinski definition) is 1. The lowest BCUT2D eigenvalue weighted by Crippen LogP contribution is -2.17. The van der Waals surface area contributed by atoms with Gasteiger partial charge in [-0.2, -0.15) is 4.98 Å². The zero-order valence-electron chi connectivity index (χ0n) is 13.8. The van der Waals surface area contributed by atoms with Crippen molar-refractivity contribution in [3.8, 4) is 23.0 Å². The Morgan fingerprint density at radius 2 is 2.19 bits per heavy atom. The maximum Gasteiger partial charge on any atom is 0.282 e. The van der Waals surface area contributed by atoms with E-state index in [1.807, 2.05) is 0 Å². The van der Waals surface area contributed by atoms with Crippen molar-refractivity contribution in [1.29, 1.82) is 0 Å². The summed E-state index contributed by atoms with van der Waals surface area (Å²) in [6, 6.07) is 4.14. The summed E-state index contributed by atoms with van der Waals surface area (Å²) in [4.78, 5) is 4.14. The number of alkyl halides is 2. The Kier molecular flexibility index (Phi) is 4.19. The van der Waals surface area contributed by atoms with Crippen LogP contribution in [0.2, 0.25) is 0 Å². The van der Waals surface area contributed by atoms with Crippen LogP contribution in [0.1, 0.15) is 30.1 Å². The molecule has 26 heavy (non-hydrogen) atoms. The van der Waals surface area contributed by atoms with Crippen LogP contribution < -0.4 is 5.32 Å². The van der Waals surface area contributed by atoms with Gasteiger partial charge in [-0.25, -0.2) is 17.9 Å². The van der Waals surface area contributed by atoms with Crippen LogP contribution in [0.15, 0.2) is 22.7 Å². The zero-order valence-corrected chi connectivity index (χ0v) is 13.8. The molecule has 7 nitrogen and oxygen atoms in total. The number of hydrogen-bond acceptors (Lipinski definition) is 6. The molecule has 1 aliphatic heterocycles. The molecule has 0 bridgehead atoms. The summed E-state index contributed by atoms with van der Waals surface area (Å²) in [5.41, 5.74) is 0.459. The summed E-state index contributed by atoms with van der Waals surface area (Å²) in [6.45, 7) is 2.89. The molecule has 3 heterocycles. The monoisotopic (exact) mass is 364 g/mol. The average molecular weight is 364 g/mol. The standard InChI is InChI=1S/C16H15F3N6O/c1-8-6-9(2-3-11(8)17)15-21-16(26-23-15)12-13(14(18)19)25(24-22-12)10-4-5-20-7-10/h2-3,6,10,14,20H,4-5,7H2,1H3. The van der Waals surface area contributed by atoms with Crippen molar-refractivity contribution in [2.24, 2.45) is 0 Å². The molecule has 1 saturated heterocycles. The molecule has 0 amide bonds. The SMILES string of the molecule is Cc1cc(-c2noc(-c3nnn(C4CCNC4)c3C(F)F)n2)ccc1F. The Morgan fingerprint density at radius 1 is 1.35 bits per heavy atom. The molecular weight excluding hydrogens is 349 g/mol. The van der Waals surface area contributed by atoms with Crippen LogP contribution >= 0.6 is 0 Å². The van der Waals surface area contributed by atoms with Crippen LogP contribution in [0.5, 0.6) is 0 Å². The van der Waals surface area contributed by atoms with Gasteiger partial charge in [-0.15, -0.1) is 5.10 Å². The van der Waals surface area contributed by atoms with Crippen LogP contribution in [0.3, 0.4) is 0 Å². The molecule has 136 valence electrons. The van der Waals surface area contributed by atoms with E-state index in [2.05, 4.69) is 25.8 Å². The van der Waals surface area contributed by atoms with Crippen molar-refractivity contribution in [1.82, 2.24) is 30.5 Å². The number of rotatable bonds is 4. The van der Waals surface area contributed by atoms with Gasteiger partial charge in [0.1, 0.15) is 11.5 Å². The van der Waals surface area contributed by atoms with E-state index in [-0.39, 0.29) is 35.0 Å².